The van der Waals surface area contributed by atoms with Crippen LogP contribution in [0.15, 0.2) is 119 Å². The zero-order chi connectivity index (χ0) is 26.6. The van der Waals surface area contributed by atoms with E-state index in [1.54, 1.807) is 12.4 Å². The SMILES string of the molecule is O=C(CC(=O)N/N=C/c1c2ccccc2cc2ccccc12)N/N=C/c1c2ccccc2cc2ccccc12. The molecule has 6 nitrogen and oxygen atoms in total. The summed E-state index contributed by atoms with van der Waals surface area (Å²) in [5.41, 5.74) is 6.74. The lowest BCUT2D eigenvalue weighted by Gasteiger charge is -2.08. The number of amides is 2. The number of rotatable bonds is 6. The van der Waals surface area contributed by atoms with Crippen LogP contribution in [0.5, 0.6) is 0 Å². The topological polar surface area (TPSA) is 82.9 Å². The third kappa shape index (κ3) is 4.95. The molecule has 0 radical (unpaired) electrons. The summed E-state index contributed by atoms with van der Waals surface area (Å²) in [6.45, 7) is 0. The van der Waals surface area contributed by atoms with E-state index in [1.165, 1.54) is 0 Å². The highest BCUT2D eigenvalue weighted by Gasteiger charge is 2.10. The number of hydrogen-bond donors (Lipinski definition) is 2. The minimum absolute atomic E-state index is 0.402. The zero-order valence-electron chi connectivity index (χ0n) is 21.0. The Morgan fingerprint density at radius 1 is 0.513 bits per heavy atom. The summed E-state index contributed by atoms with van der Waals surface area (Å²) < 4.78 is 0. The van der Waals surface area contributed by atoms with Crippen molar-refractivity contribution in [2.75, 3.05) is 0 Å². The molecule has 6 rings (SSSR count). The maximum absolute atomic E-state index is 12.4. The van der Waals surface area contributed by atoms with Crippen LogP contribution in [0.1, 0.15) is 17.5 Å². The van der Waals surface area contributed by atoms with Crippen LogP contribution >= 0.6 is 0 Å². The average molecular weight is 509 g/mol. The highest BCUT2D eigenvalue weighted by Crippen LogP contribution is 2.28. The van der Waals surface area contributed by atoms with Crippen LogP contribution in [0.25, 0.3) is 43.1 Å². The molecule has 6 aromatic rings. The van der Waals surface area contributed by atoms with Gasteiger partial charge in [-0.15, -0.1) is 0 Å². The second-order valence-electron chi connectivity index (χ2n) is 9.23. The lowest BCUT2D eigenvalue weighted by Crippen LogP contribution is -2.27. The minimum atomic E-state index is -0.529. The normalized spacial score (nSPS) is 11.7. The van der Waals surface area contributed by atoms with E-state index in [-0.39, 0.29) is 0 Å². The minimum Gasteiger partial charge on any atom is -0.273 e. The van der Waals surface area contributed by atoms with E-state index in [2.05, 4.69) is 33.2 Å². The Hall–Kier alpha value is -5.36. The first-order valence-electron chi connectivity index (χ1n) is 12.6. The number of carbonyl (C=O) groups excluding carboxylic acids is 2. The summed E-state index contributed by atoms with van der Waals surface area (Å²) in [4.78, 5) is 24.8. The molecule has 2 N–H and O–H groups in total. The highest BCUT2D eigenvalue weighted by atomic mass is 16.2. The first-order valence-corrected chi connectivity index (χ1v) is 12.6. The van der Waals surface area contributed by atoms with E-state index in [0.29, 0.717) is 0 Å². The molecule has 0 aliphatic heterocycles. The molecule has 0 aromatic heterocycles. The fourth-order valence-corrected chi connectivity index (χ4v) is 4.94. The third-order valence-electron chi connectivity index (χ3n) is 6.71. The average Bonchev–Trinajstić information content (AvgIpc) is 2.96. The molecule has 0 unspecified atom stereocenters. The molecule has 0 spiro atoms. The number of nitrogens with one attached hydrogen (secondary N) is 2. The van der Waals surface area contributed by atoms with Gasteiger partial charge in [0.15, 0.2) is 0 Å². The van der Waals surface area contributed by atoms with Gasteiger partial charge in [-0.3, -0.25) is 9.59 Å². The van der Waals surface area contributed by atoms with Crippen LogP contribution in [0.2, 0.25) is 0 Å². The van der Waals surface area contributed by atoms with E-state index >= 15 is 0 Å². The number of carbonyl (C=O) groups is 2. The van der Waals surface area contributed by atoms with Crippen molar-refractivity contribution < 1.29 is 9.59 Å². The largest absolute Gasteiger partial charge is 0.273 e. The lowest BCUT2D eigenvalue weighted by molar-refractivity contribution is -0.129. The molecule has 0 bridgehead atoms. The van der Waals surface area contributed by atoms with Crippen LogP contribution < -0.4 is 10.9 Å². The molecular weight excluding hydrogens is 484 g/mol. The molecule has 0 aliphatic carbocycles. The summed E-state index contributed by atoms with van der Waals surface area (Å²) >= 11 is 0. The maximum Gasteiger partial charge on any atom is 0.249 e. The van der Waals surface area contributed by atoms with Crippen LogP contribution in [0.3, 0.4) is 0 Å². The quantitative estimate of drug-likeness (QED) is 0.120. The van der Waals surface area contributed by atoms with Gasteiger partial charge in [0.25, 0.3) is 0 Å². The Bertz CT molecular complexity index is 1690. The van der Waals surface area contributed by atoms with Crippen LogP contribution in [0.4, 0.5) is 0 Å². The van der Waals surface area contributed by atoms with Gasteiger partial charge in [0, 0.05) is 11.1 Å². The first-order chi connectivity index (χ1) is 19.2. The summed E-state index contributed by atoms with van der Waals surface area (Å²) in [6, 6.07) is 36.4. The van der Waals surface area contributed by atoms with Gasteiger partial charge in [0.1, 0.15) is 6.42 Å². The molecule has 0 fully saturated rings. The Morgan fingerprint density at radius 2 is 0.821 bits per heavy atom. The van der Waals surface area contributed by atoms with Gasteiger partial charge >= 0.3 is 0 Å². The highest BCUT2D eigenvalue weighted by molar-refractivity contribution is 6.14. The predicted molar refractivity (Wildman–Crippen MR) is 159 cm³/mol. The number of fused-ring (bicyclic) bond motifs is 4. The smallest absolute Gasteiger partial charge is 0.249 e. The second-order valence-corrected chi connectivity index (χ2v) is 9.23. The fraction of sp³-hybridized carbons (Fsp3) is 0.0303. The van der Waals surface area contributed by atoms with Gasteiger partial charge in [-0.2, -0.15) is 10.2 Å². The van der Waals surface area contributed by atoms with Crippen molar-refractivity contribution in [2.24, 2.45) is 10.2 Å². The van der Waals surface area contributed by atoms with Crippen LogP contribution in [-0.2, 0) is 9.59 Å². The van der Waals surface area contributed by atoms with E-state index in [1.807, 2.05) is 97.1 Å². The summed E-state index contributed by atoms with van der Waals surface area (Å²) in [6.07, 6.45) is 2.86. The number of hydrogen-bond acceptors (Lipinski definition) is 4. The molecule has 188 valence electrons. The zero-order valence-corrected chi connectivity index (χ0v) is 21.0. The van der Waals surface area contributed by atoms with Crippen molar-refractivity contribution >= 4 is 67.3 Å². The number of hydrazone groups is 2. The molecule has 39 heavy (non-hydrogen) atoms. The van der Waals surface area contributed by atoms with Crippen molar-refractivity contribution in [3.8, 4) is 0 Å². The third-order valence-corrected chi connectivity index (χ3v) is 6.71. The molecule has 0 saturated carbocycles. The van der Waals surface area contributed by atoms with Gasteiger partial charge in [0.05, 0.1) is 12.4 Å². The Balaban J connectivity index is 1.15. The van der Waals surface area contributed by atoms with E-state index in [4.69, 9.17) is 0 Å². The maximum atomic E-state index is 12.4. The molecule has 0 aliphatic rings. The van der Waals surface area contributed by atoms with E-state index < -0.39 is 18.2 Å². The molecule has 6 heteroatoms. The van der Waals surface area contributed by atoms with Crippen molar-refractivity contribution in [2.45, 2.75) is 6.42 Å². The summed E-state index contributed by atoms with van der Waals surface area (Å²) in [5, 5.41) is 16.7. The van der Waals surface area contributed by atoms with E-state index in [0.717, 1.165) is 54.2 Å². The number of benzene rings is 6. The van der Waals surface area contributed by atoms with Crippen molar-refractivity contribution in [3.63, 3.8) is 0 Å². The van der Waals surface area contributed by atoms with Gasteiger partial charge < -0.3 is 0 Å². The van der Waals surface area contributed by atoms with E-state index in [9.17, 15) is 9.59 Å². The lowest BCUT2D eigenvalue weighted by atomic mass is 9.97. The van der Waals surface area contributed by atoms with Gasteiger partial charge in [0.2, 0.25) is 11.8 Å². The summed E-state index contributed by atoms with van der Waals surface area (Å²) in [7, 11) is 0. The van der Waals surface area contributed by atoms with Crippen molar-refractivity contribution in [3.05, 3.63) is 120 Å². The standard InChI is InChI=1S/C33H24N4O2/c38-32(36-34-20-30-26-13-5-1-9-22(26)17-23-10-2-6-14-27(23)30)19-33(39)37-35-21-31-28-15-7-3-11-24(28)18-25-12-4-8-16-29(25)31/h1-18,20-21H,19H2,(H,36,38)(H,37,39)/b34-20+,35-21+. The summed E-state index contributed by atoms with van der Waals surface area (Å²) in [5.74, 6) is -1.06. The molecule has 0 atom stereocenters. The van der Waals surface area contributed by atoms with Gasteiger partial charge in [-0.05, 0) is 55.2 Å². The van der Waals surface area contributed by atoms with Crippen molar-refractivity contribution in [1.82, 2.24) is 10.9 Å². The molecule has 0 heterocycles. The van der Waals surface area contributed by atoms with Crippen LogP contribution in [-0.4, -0.2) is 24.2 Å². The Morgan fingerprint density at radius 3 is 1.15 bits per heavy atom. The van der Waals surface area contributed by atoms with Crippen LogP contribution in [0, 0.1) is 0 Å². The second kappa shape index (κ2) is 10.6. The fourth-order valence-electron chi connectivity index (χ4n) is 4.94. The Kier molecular flexibility index (Phi) is 6.50. The predicted octanol–water partition coefficient (Wildman–Crippen LogP) is 6.29. The molecule has 6 aromatic carbocycles. The molecule has 2 amide bonds. The number of nitrogens with zero attached hydrogens (tertiary/aromatic N) is 2. The van der Waals surface area contributed by atoms with Gasteiger partial charge in [-0.1, -0.05) is 97.1 Å². The van der Waals surface area contributed by atoms with Crippen molar-refractivity contribution in [1.29, 1.82) is 0 Å². The van der Waals surface area contributed by atoms with Gasteiger partial charge in [-0.25, -0.2) is 10.9 Å². The monoisotopic (exact) mass is 508 g/mol. The molecule has 0 saturated heterocycles. The Labute approximate surface area is 224 Å². The molecular formula is C33H24N4O2. The first kappa shape index (κ1) is 24.0.